The van der Waals surface area contributed by atoms with Gasteiger partial charge in [0.25, 0.3) is 0 Å². The van der Waals surface area contributed by atoms with Gasteiger partial charge in [-0.05, 0) is 25.8 Å². The number of aromatic nitrogens is 3. The smallest absolute Gasteiger partial charge is 0.0839 e. The lowest BCUT2D eigenvalue weighted by Gasteiger charge is -1.95. The summed E-state index contributed by atoms with van der Waals surface area (Å²) in [5, 5.41) is 11.3. The fraction of sp³-hybridized carbons (Fsp3) is 0.778. The van der Waals surface area contributed by atoms with Crippen molar-refractivity contribution in [2.24, 2.45) is 5.92 Å². The Balaban J connectivity index is 1.84. The quantitative estimate of drug-likeness (QED) is 0.715. The van der Waals surface area contributed by atoms with Gasteiger partial charge in [-0.15, -0.1) is 5.10 Å². The molecule has 4 heteroatoms. The minimum Gasteiger partial charge on any atom is -0.319 e. The summed E-state index contributed by atoms with van der Waals surface area (Å²) in [5.41, 5.74) is 1.09. The topological polar surface area (TPSA) is 42.7 Å². The second-order valence-corrected chi connectivity index (χ2v) is 3.73. The van der Waals surface area contributed by atoms with Crippen molar-refractivity contribution in [1.29, 1.82) is 0 Å². The Morgan fingerprint density at radius 3 is 3.15 bits per heavy atom. The molecule has 0 amide bonds. The van der Waals surface area contributed by atoms with E-state index in [-0.39, 0.29) is 0 Å². The Morgan fingerprint density at radius 1 is 1.62 bits per heavy atom. The highest BCUT2D eigenvalue weighted by atomic mass is 15.4. The van der Waals surface area contributed by atoms with Crippen LogP contribution in [0, 0.1) is 5.92 Å². The van der Waals surface area contributed by atoms with Gasteiger partial charge >= 0.3 is 0 Å². The molecule has 0 aliphatic heterocycles. The number of likely N-dealkylation sites (N-methyl/N-ethyl adjacent to an activating group) is 1. The largest absolute Gasteiger partial charge is 0.319 e. The minimum atomic E-state index is 0.874. The van der Waals surface area contributed by atoms with Crippen LogP contribution in [0.25, 0.3) is 0 Å². The molecular formula is C9H16N4. The molecule has 1 fully saturated rings. The van der Waals surface area contributed by atoms with E-state index in [1.807, 2.05) is 11.7 Å². The molecule has 1 N–H and O–H groups in total. The Labute approximate surface area is 78.3 Å². The number of hydrogen-bond acceptors (Lipinski definition) is 3. The van der Waals surface area contributed by atoms with Crippen LogP contribution in [0.15, 0.2) is 6.20 Å². The highest BCUT2D eigenvalue weighted by Gasteiger charge is 2.22. The molecule has 1 aliphatic carbocycles. The van der Waals surface area contributed by atoms with E-state index in [1.54, 1.807) is 0 Å². The third-order valence-corrected chi connectivity index (χ3v) is 2.36. The van der Waals surface area contributed by atoms with Crippen molar-refractivity contribution in [2.45, 2.75) is 25.8 Å². The Hall–Kier alpha value is -0.900. The van der Waals surface area contributed by atoms with E-state index >= 15 is 0 Å². The lowest BCUT2D eigenvalue weighted by atomic mass is 10.3. The van der Waals surface area contributed by atoms with Gasteiger partial charge in [0.1, 0.15) is 0 Å². The fourth-order valence-electron chi connectivity index (χ4n) is 1.36. The zero-order valence-electron chi connectivity index (χ0n) is 8.03. The normalized spacial score (nSPS) is 16.4. The van der Waals surface area contributed by atoms with E-state index in [0.29, 0.717) is 0 Å². The van der Waals surface area contributed by atoms with E-state index in [2.05, 4.69) is 21.8 Å². The first-order valence-corrected chi connectivity index (χ1v) is 4.92. The number of hydrogen-bond donors (Lipinski definition) is 1. The van der Waals surface area contributed by atoms with Crippen LogP contribution in [-0.4, -0.2) is 28.6 Å². The first kappa shape index (κ1) is 8.69. The van der Waals surface area contributed by atoms with E-state index in [4.69, 9.17) is 0 Å². The monoisotopic (exact) mass is 180 g/mol. The Morgan fingerprint density at radius 2 is 2.46 bits per heavy atom. The van der Waals surface area contributed by atoms with Crippen molar-refractivity contribution in [3.63, 3.8) is 0 Å². The lowest BCUT2D eigenvalue weighted by Crippen LogP contribution is -2.10. The van der Waals surface area contributed by atoms with Crippen molar-refractivity contribution >= 4 is 0 Å². The second kappa shape index (κ2) is 3.87. The second-order valence-electron chi connectivity index (χ2n) is 3.73. The van der Waals surface area contributed by atoms with Crippen molar-refractivity contribution in [3.8, 4) is 0 Å². The third kappa shape index (κ3) is 2.52. The molecule has 0 aromatic carbocycles. The van der Waals surface area contributed by atoms with Crippen LogP contribution >= 0.6 is 0 Å². The molecule has 2 rings (SSSR count). The molecule has 0 atom stereocenters. The van der Waals surface area contributed by atoms with E-state index in [9.17, 15) is 0 Å². The highest BCUT2D eigenvalue weighted by Crippen LogP contribution is 2.30. The molecule has 72 valence electrons. The van der Waals surface area contributed by atoms with E-state index in [1.165, 1.54) is 12.8 Å². The van der Waals surface area contributed by atoms with Gasteiger partial charge in [-0.3, -0.25) is 4.68 Å². The molecule has 1 saturated carbocycles. The van der Waals surface area contributed by atoms with Gasteiger partial charge in [0.05, 0.1) is 5.69 Å². The number of rotatable bonds is 5. The summed E-state index contributed by atoms with van der Waals surface area (Å²) in [7, 11) is 1.95. The summed E-state index contributed by atoms with van der Waals surface area (Å²) < 4.78 is 1.97. The Bertz CT molecular complexity index is 264. The molecule has 0 unspecified atom stereocenters. The average Bonchev–Trinajstić information content (AvgIpc) is 2.81. The molecule has 1 aromatic heterocycles. The first-order chi connectivity index (χ1) is 6.38. The third-order valence-electron chi connectivity index (χ3n) is 2.36. The minimum absolute atomic E-state index is 0.874. The van der Waals surface area contributed by atoms with Gasteiger partial charge < -0.3 is 5.32 Å². The van der Waals surface area contributed by atoms with Crippen molar-refractivity contribution in [3.05, 3.63) is 11.9 Å². The van der Waals surface area contributed by atoms with E-state index < -0.39 is 0 Å². The standard InChI is InChI=1S/C9H16N4/c1-10-5-4-9-7-13(12-11-9)6-8-2-3-8/h7-8,10H,2-6H2,1H3. The first-order valence-electron chi connectivity index (χ1n) is 4.92. The predicted molar refractivity (Wildman–Crippen MR) is 50.4 cm³/mol. The summed E-state index contributed by atoms with van der Waals surface area (Å²) in [6, 6.07) is 0. The zero-order valence-corrected chi connectivity index (χ0v) is 8.03. The summed E-state index contributed by atoms with van der Waals surface area (Å²) in [4.78, 5) is 0. The maximum absolute atomic E-state index is 4.11. The van der Waals surface area contributed by atoms with Gasteiger partial charge in [-0.25, -0.2) is 0 Å². The summed E-state index contributed by atoms with van der Waals surface area (Å²) >= 11 is 0. The average molecular weight is 180 g/mol. The summed E-state index contributed by atoms with van der Waals surface area (Å²) in [6.07, 6.45) is 5.77. The molecular weight excluding hydrogens is 164 g/mol. The molecule has 1 heterocycles. The van der Waals surface area contributed by atoms with Gasteiger partial charge in [0.2, 0.25) is 0 Å². The maximum atomic E-state index is 4.11. The van der Waals surface area contributed by atoms with Crippen molar-refractivity contribution in [1.82, 2.24) is 20.3 Å². The molecule has 0 saturated heterocycles. The van der Waals surface area contributed by atoms with E-state index in [0.717, 1.165) is 31.1 Å². The zero-order chi connectivity index (χ0) is 9.10. The van der Waals surface area contributed by atoms with Crippen LogP contribution in [0.4, 0.5) is 0 Å². The molecule has 0 radical (unpaired) electrons. The van der Waals surface area contributed by atoms with Crippen molar-refractivity contribution < 1.29 is 0 Å². The predicted octanol–water partition coefficient (Wildman–Crippen LogP) is 0.450. The molecule has 13 heavy (non-hydrogen) atoms. The van der Waals surface area contributed by atoms with Gasteiger partial charge in [0, 0.05) is 25.7 Å². The molecule has 0 bridgehead atoms. The van der Waals surface area contributed by atoms with Crippen molar-refractivity contribution in [2.75, 3.05) is 13.6 Å². The van der Waals surface area contributed by atoms with Crippen LogP contribution < -0.4 is 5.32 Å². The van der Waals surface area contributed by atoms with Crippen LogP contribution in [0.5, 0.6) is 0 Å². The highest BCUT2D eigenvalue weighted by molar-refractivity contribution is 4.93. The SMILES string of the molecule is CNCCc1cn(CC2CC2)nn1. The number of nitrogens with zero attached hydrogens (tertiary/aromatic N) is 3. The van der Waals surface area contributed by atoms with Crippen LogP contribution in [0.1, 0.15) is 18.5 Å². The van der Waals surface area contributed by atoms with Crippen LogP contribution in [0.3, 0.4) is 0 Å². The summed E-state index contributed by atoms with van der Waals surface area (Å²) in [5.74, 6) is 0.874. The fourth-order valence-corrected chi connectivity index (χ4v) is 1.36. The lowest BCUT2D eigenvalue weighted by molar-refractivity contribution is 0.544. The van der Waals surface area contributed by atoms with Crippen LogP contribution in [-0.2, 0) is 13.0 Å². The van der Waals surface area contributed by atoms with Gasteiger partial charge in [0.15, 0.2) is 0 Å². The molecule has 1 aliphatic rings. The van der Waals surface area contributed by atoms with Gasteiger partial charge in [-0.1, -0.05) is 5.21 Å². The maximum Gasteiger partial charge on any atom is 0.0839 e. The molecule has 0 spiro atoms. The van der Waals surface area contributed by atoms with Gasteiger partial charge in [-0.2, -0.15) is 0 Å². The Kier molecular flexibility index (Phi) is 2.59. The van der Waals surface area contributed by atoms with Crippen LogP contribution in [0.2, 0.25) is 0 Å². The summed E-state index contributed by atoms with van der Waals surface area (Å²) in [6.45, 7) is 2.04. The molecule has 4 nitrogen and oxygen atoms in total. The molecule has 1 aromatic rings. The number of nitrogens with one attached hydrogen (secondary N) is 1.